The van der Waals surface area contributed by atoms with E-state index in [1.165, 1.54) is 0 Å². The van der Waals surface area contributed by atoms with E-state index in [9.17, 15) is 4.79 Å². The van der Waals surface area contributed by atoms with Crippen LogP contribution in [0, 0.1) is 6.92 Å². The molecule has 21 heavy (non-hydrogen) atoms. The minimum Gasteiger partial charge on any atom is -0.306 e. The maximum Gasteiger partial charge on any atom is 0.194 e. The molecule has 1 aromatic heterocycles. The Hall–Kier alpha value is -2.39. The largest absolute Gasteiger partial charge is 0.306 e. The minimum atomic E-state index is -0.0686. The van der Waals surface area contributed by atoms with Crippen molar-refractivity contribution < 1.29 is 4.79 Å². The number of imidazole rings is 1. The lowest BCUT2D eigenvalue weighted by atomic mass is 10.0. The molecule has 0 fully saturated rings. The van der Waals surface area contributed by atoms with Gasteiger partial charge in [0.05, 0.1) is 11.3 Å². The van der Waals surface area contributed by atoms with Crippen LogP contribution in [-0.4, -0.2) is 15.3 Å². The van der Waals surface area contributed by atoms with Gasteiger partial charge in [-0.1, -0.05) is 23.2 Å². The van der Waals surface area contributed by atoms with Crippen LogP contribution in [0.3, 0.4) is 0 Å². The first-order chi connectivity index (χ1) is 10.1. The molecule has 0 spiro atoms. The molecule has 104 valence electrons. The molecule has 0 aliphatic carbocycles. The summed E-state index contributed by atoms with van der Waals surface area (Å²) in [6.07, 6.45) is 5.29. The zero-order valence-electron chi connectivity index (χ0n) is 11.5. The Morgan fingerprint density at radius 1 is 1.14 bits per heavy atom. The molecule has 0 amide bonds. The Labute approximate surface area is 127 Å². The molecule has 3 rings (SSSR count). The highest BCUT2D eigenvalue weighted by Gasteiger charge is 2.13. The normalized spacial score (nSPS) is 10.6. The van der Waals surface area contributed by atoms with Gasteiger partial charge in [0.15, 0.2) is 5.78 Å². The molecule has 1 heterocycles. The van der Waals surface area contributed by atoms with Gasteiger partial charge in [-0.3, -0.25) is 4.79 Å². The molecule has 0 N–H and O–H groups in total. The van der Waals surface area contributed by atoms with E-state index in [1.54, 1.807) is 30.7 Å². The van der Waals surface area contributed by atoms with Crippen LogP contribution < -0.4 is 0 Å². The summed E-state index contributed by atoms with van der Waals surface area (Å²) < 4.78 is 1.88. The summed E-state index contributed by atoms with van der Waals surface area (Å²) in [6, 6.07) is 12.8. The number of carbonyl (C=O) groups excluding carboxylic acids is 1. The summed E-state index contributed by atoms with van der Waals surface area (Å²) in [5, 5.41) is 0.476. The zero-order valence-corrected chi connectivity index (χ0v) is 12.2. The van der Waals surface area contributed by atoms with Crippen LogP contribution in [0.2, 0.25) is 5.02 Å². The van der Waals surface area contributed by atoms with Crippen LogP contribution in [0.4, 0.5) is 0 Å². The van der Waals surface area contributed by atoms with Gasteiger partial charge in [-0.15, -0.1) is 0 Å². The Kier molecular flexibility index (Phi) is 3.59. The first-order valence-corrected chi connectivity index (χ1v) is 6.92. The highest BCUT2D eigenvalue weighted by atomic mass is 35.5. The fourth-order valence-corrected chi connectivity index (χ4v) is 2.37. The van der Waals surface area contributed by atoms with Crippen LogP contribution in [0.1, 0.15) is 21.5 Å². The third-order valence-corrected chi connectivity index (χ3v) is 3.63. The number of halogens is 1. The Bertz CT molecular complexity index is 777. The second-order valence-corrected chi connectivity index (χ2v) is 5.24. The fraction of sp³-hybridized carbons (Fsp3) is 0.0588. The van der Waals surface area contributed by atoms with E-state index in [1.807, 2.05) is 42.0 Å². The monoisotopic (exact) mass is 296 g/mol. The predicted octanol–water partition coefficient (Wildman–Crippen LogP) is 4.07. The van der Waals surface area contributed by atoms with Crippen LogP contribution in [0.25, 0.3) is 5.69 Å². The summed E-state index contributed by atoms with van der Waals surface area (Å²) in [4.78, 5) is 16.5. The van der Waals surface area contributed by atoms with E-state index in [0.717, 1.165) is 11.3 Å². The minimum absolute atomic E-state index is 0.0686. The van der Waals surface area contributed by atoms with Crippen LogP contribution in [0.15, 0.2) is 61.2 Å². The summed E-state index contributed by atoms with van der Waals surface area (Å²) in [5.41, 5.74) is 3.12. The van der Waals surface area contributed by atoms with E-state index in [2.05, 4.69) is 4.98 Å². The number of aryl methyl sites for hydroxylation is 1. The molecule has 0 atom stereocenters. The maximum atomic E-state index is 12.5. The van der Waals surface area contributed by atoms with Gasteiger partial charge in [-0.05, 0) is 43.3 Å². The third-order valence-electron chi connectivity index (χ3n) is 3.30. The number of hydrogen-bond acceptors (Lipinski definition) is 2. The standard InChI is InChI=1S/C17H13ClN2O/c1-12-2-7-16(18)15(10-12)17(21)13-3-5-14(6-4-13)20-9-8-19-11-20/h2-11H,1H3. The molecule has 0 radical (unpaired) electrons. The number of hydrogen-bond donors (Lipinski definition) is 0. The van der Waals surface area contributed by atoms with E-state index in [4.69, 9.17) is 11.6 Å². The Morgan fingerprint density at radius 3 is 2.57 bits per heavy atom. The van der Waals surface area contributed by atoms with Gasteiger partial charge >= 0.3 is 0 Å². The second-order valence-electron chi connectivity index (χ2n) is 4.83. The summed E-state index contributed by atoms with van der Waals surface area (Å²) >= 11 is 6.12. The Balaban J connectivity index is 1.93. The van der Waals surface area contributed by atoms with Gasteiger partial charge < -0.3 is 4.57 Å². The summed E-state index contributed by atoms with van der Waals surface area (Å²) in [6.45, 7) is 1.94. The first-order valence-electron chi connectivity index (χ1n) is 6.54. The van der Waals surface area contributed by atoms with Crippen molar-refractivity contribution in [3.05, 3.63) is 82.9 Å². The molecule has 3 aromatic rings. The van der Waals surface area contributed by atoms with Gasteiger partial charge in [-0.2, -0.15) is 0 Å². The molecular weight excluding hydrogens is 284 g/mol. The predicted molar refractivity (Wildman–Crippen MR) is 83.2 cm³/mol. The van der Waals surface area contributed by atoms with Gasteiger partial charge in [0.1, 0.15) is 0 Å². The molecule has 4 heteroatoms. The van der Waals surface area contributed by atoms with Crippen molar-refractivity contribution in [3.8, 4) is 5.69 Å². The quantitative estimate of drug-likeness (QED) is 0.683. The lowest BCUT2D eigenvalue weighted by Crippen LogP contribution is -2.03. The van der Waals surface area contributed by atoms with Crippen LogP contribution >= 0.6 is 11.6 Å². The van der Waals surface area contributed by atoms with Crippen LogP contribution in [-0.2, 0) is 0 Å². The number of nitrogens with zero attached hydrogens (tertiary/aromatic N) is 2. The van der Waals surface area contributed by atoms with E-state index in [-0.39, 0.29) is 5.78 Å². The zero-order chi connectivity index (χ0) is 14.8. The smallest absolute Gasteiger partial charge is 0.194 e. The van der Waals surface area contributed by atoms with Gasteiger partial charge in [0, 0.05) is 29.2 Å². The van der Waals surface area contributed by atoms with Crippen molar-refractivity contribution in [1.29, 1.82) is 0 Å². The van der Waals surface area contributed by atoms with E-state index < -0.39 is 0 Å². The molecule has 0 aliphatic heterocycles. The number of ketones is 1. The average Bonchev–Trinajstić information content (AvgIpc) is 3.03. The number of carbonyl (C=O) groups is 1. The lowest BCUT2D eigenvalue weighted by Gasteiger charge is -2.07. The summed E-state index contributed by atoms with van der Waals surface area (Å²) in [7, 11) is 0. The Morgan fingerprint density at radius 2 is 1.90 bits per heavy atom. The lowest BCUT2D eigenvalue weighted by molar-refractivity contribution is 0.103. The molecule has 0 bridgehead atoms. The van der Waals surface area contributed by atoms with Crippen molar-refractivity contribution in [2.45, 2.75) is 6.92 Å². The number of rotatable bonds is 3. The van der Waals surface area contributed by atoms with Gasteiger partial charge in [0.2, 0.25) is 0 Å². The van der Waals surface area contributed by atoms with Crippen molar-refractivity contribution in [3.63, 3.8) is 0 Å². The van der Waals surface area contributed by atoms with Gasteiger partial charge in [0.25, 0.3) is 0 Å². The first kappa shape index (κ1) is 13.6. The highest BCUT2D eigenvalue weighted by Crippen LogP contribution is 2.21. The fourth-order valence-electron chi connectivity index (χ4n) is 2.17. The topological polar surface area (TPSA) is 34.9 Å². The van der Waals surface area contributed by atoms with Gasteiger partial charge in [-0.25, -0.2) is 4.98 Å². The van der Waals surface area contributed by atoms with Crippen molar-refractivity contribution in [2.24, 2.45) is 0 Å². The van der Waals surface area contributed by atoms with Crippen molar-refractivity contribution in [1.82, 2.24) is 9.55 Å². The van der Waals surface area contributed by atoms with E-state index >= 15 is 0 Å². The molecule has 0 saturated carbocycles. The highest BCUT2D eigenvalue weighted by molar-refractivity contribution is 6.35. The molecule has 0 saturated heterocycles. The SMILES string of the molecule is Cc1ccc(Cl)c(C(=O)c2ccc(-n3ccnc3)cc2)c1. The van der Waals surface area contributed by atoms with E-state index in [0.29, 0.717) is 16.1 Å². The summed E-state index contributed by atoms with van der Waals surface area (Å²) in [5.74, 6) is -0.0686. The maximum absolute atomic E-state index is 12.5. The molecule has 0 aliphatic rings. The third kappa shape index (κ3) is 2.73. The van der Waals surface area contributed by atoms with Crippen LogP contribution in [0.5, 0.6) is 0 Å². The van der Waals surface area contributed by atoms with Crippen molar-refractivity contribution in [2.75, 3.05) is 0 Å². The molecule has 2 aromatic carbocycles. The number of aromatic nitrogens is 2. The molecule has 3 nitrogen and oxygen atoms in total. The average molecular weight is 297 g/mol. The number of benzene rings is 2. The second kappa shape index (κ2) is 5.54. The molecule has 0 unspecified atom stereocenters. The van der Waals surface area contributed by atoms with Crippen molar-refractivity contribution >= 4 is 17.4 Å². The molecular formula is C17H13ClN2O.